The normalized spacial score (nSPS) is 13.5. The highest BCUT2D eigenvalue weighted by Gasteiger charge is 2.08. The first-order valence-electron chi connectivity index (χ1n) is 4.57. The summed E-state index contributed by atoms with van der Waals surface area (Å²) in [6.07, 6.45) is -0.392. The number of aliphatic hydroxyl groups excluding tert-OH is 1. The summed E-state index contributed by atoms with van der Waals surface area (Å²) in [5.74, 6) is -0.00171. The lowest BCUT2D eigenvalue weighted by Gasteiger charge is -2.18. The zero-order chi connectivity index (χ0) is 10.4. The summed E-state index contributed by atoms with van der Waals surface area (Å²) in [4.78, 5) is 13.0. The van der Waals surface area contributed by atoms with Crippen molar-refractivity contribution >= 4 is 5.91 Å². The molecule has 4 nitrogen and oxygen atoms in total. The minimum atomic E-state index is -0.392. The van der Waals surface area contributed by atoms with Crippen LogP contribution in [-0.4, -0.2) is 48.2 Å². The third-order valence-electron chi connectivity index (χ3n) is 1.44. The van der Waals surface area contributed by atoms with Crippen LogP contribution < -0.4 is 5.32 Å². The average molecular weight is 188 g/mol. The highest BCUT2D eigenvalue weighted by molar-refractivity contribution is 5.78. The van der Waals surface area contributed by atoms with Crippen molar-refractivity contribution in [1.29, 1.82) is 0 Å². The van der Waals surface area contributed by atoms with Crippen LogP contribution >= 0.6 is 0 Å². The van der Waals surface area contributed by atoms with Crippen LogP contribution in [0.1, 0.15) is 20.8 Å². The molecule has 0 aliphatic heterocycles. The molecule has 0 spiro atoms. The van der Waals surface area contributed by atoms with Crippen molar-refractivity contribution in [3.05, 3.63) is 0 Å². The second-order valence-corrected chi connectivity index (χ2v) is 3.77. The molecular formula is C9H20N2O2. The molecule has 1 unspecified atom stereocenters. The SMILES string of the molecule is CC(O)CN(C)CC(=O)NC(C)C. The van der Waals surface area contributed by atoms with Gasteiger partial charge in [0.2, 0.25) is 5.91 Å². The predicted octanol–water partition coefficient (Wildman–Crippen LogP) is -0.176. The van der Waals surface area contributed by atoms with E-state index in [0.717, 1.165) is 0 Å². The van der Waals surface area contributed by atoms with E-state index in [-0.39, 0.29) is 11.9 Å². The molecule has 0 aromatic rings. The zero-order valence-electron chi connectivity index (χ0n) is 8.87. The number of hydrogen-bond acceptors (Lipinski definition) is 3. The molecule has 1 atom stereocenters. The predicted molar refractivity (Wildman–Crippen MR) is 52.5 cm³/mol. The Kier molecular flexibility index (Phi) is 5.66. The van der Waals surface area contributed by atoms with Gasteiger partial charge in [-0.25, -0.2) is 0 Å². The van der Waals surface area contributed by atoms with Gasteiger partial charge >= 0.3 is 0 Å². The number of nitrogens with zero attached hydrogens (tertiary/aromatic N) is 1. The van der Waals surface area contributed by atoms with Crippen LogP contribution in [0.15, 0.2) is 0 Å². The lowest BCUT2D eigenvalue weighted by atomic mass is 10.3. The molecule has 0 fully saturated rings. The Morgan fingerprint density at radius 2 is 2.00 bits per heavy atom. The Balaban J connectivity index is 3.65. The maximum Gasteiger partial charge on any atom is 0.234 e. The van der Waals surface area contributed by atoms with Gasteiger partial charge in [-0.3, -0.25) is 9.69 Å². The van der Waals surface area contributed by atoms with Crippen LogP contribution in [-0.2, 0) is 4.79 Å². The molecule has 0 bridgehead atoms. The summed E-state index contributed by atoms with van der Waals surface area (Å²) in [7, 11) is 1.81. The largest absolute Gasteiger partial charge is 0.392 e. The van der Waals surface area contributed by atoms with Crippen LogP contribution in [0.3, 0.4) is 0 Å². The number of hydrogen-bond donors (Lipinski definition) is 2. The highest BCUT2D eigenvalue weighted by Crippen LogP contribution is 1.88. The Labute approximate surface area is 79.9 Å². The fourth-order valence-corrected chi connectivity index (χ4v) is 1.13. The van der Waals surface area contributed by atoms with E-state index < -0.39 is 6.10 Å². The van der Waals surface area contributed by atoms with Crippen molar-refractivity contribution in [2.45, 2.75) is 32.9 Å². The van der Waals surface area contributed by atoms with E-state index in [0.29, 0.717) is 13.1 Å². The number of carbonyl (C=O) groups excluding carboxylic acids is 1. The number of nitrogens with one attached hydrogen (secondary N) is 1. The van der Waals surface area contributed by atoms with Crippen molar-refractivity contribution in [3.8, 4) is 0 Å². The first-order valence-corrected chi connectivity index (χ1v) is 4.57. The van der Waals surface area contributed by atoms with Crippen LogP contribution in [0.25, 0.3) is 0 Å². The Hall–Kier alpha value is -0.610. The number of likely N-dealkylation sites (N-methyl/N-ethyl adjacent to an activating group) is 1. The summed E-state index contributed by atoms with van der Waals surface area (Å²) >= 11 is 0. The number of amides is 1. The van der Waals surface area contributed by atoms with E-state index >= 15 is 0 Å². The molecule has 0 saturated carbocycles. The van der Waals surface area contributed by atoms with Crippen LogP contribution in [0.4, 0.5) is 0 Å². The van der Waals surface area contributed by atoms with E-state index in [4.69, 9.17) is 5.11 Å². The maximum absolute atomic E-state index is 11.2. The van der Waals surface area contributed by atoms with Gasteiger partial charge in [0.1, 0.15) is 0 Å². The number of aliphatic hydroxyl groups is 1. The quantitative estimate of drug-likeness (QED) is 0.629. The van der Waals surface area contributed by atoms with Crippen molar-refractivity contribution in [2.75, 3.05) is 20.1 Å². The molecule has 0 aliphatic carbocycles. The second kappa shape index (κ2) is 5.94. The third kappa shape index (κ3) is 7.74. The lowest BCUT2D eigenvalue weighted by molar-refractivity contribution is -0.122. The monoisotopic (exact) mass is 188 g/mol. The van der Waals surface area contributed by atoms with Crippen LogP contribution in [0.5, 0.6) is 0 Å². The fraction of sp³-hybridized carbons (Fsp3) is 0.889. The minimum absolute atomic E-state index is 0.00171. The van der Waals surface area contributed by atoms with E-state index in [1.807, 2.05) is 20.9 Å². The van der Waals surface area contributed by atoms with E-state index in [2.05, 4.69) is 5.32 Å². The first-order chi connectivity index (χ1) is 5.91. The van der Waals surface area contributed by atoms with Crippen LogP contribution in [0, 0.1) is 0 Å². The second-order valence-electron chi connectivity index (χ2n) is 3.77. The molecule has 0 aromatic carbocycles. The topological polar surface area (TPSA) is 52.6 Å². The maximum atomic E-state index is 11.2. The van der Waals surface area contributed by atoms with Gasteiger partial charge in [0.15, 0.2) is 0 Å². The lowest BCUT2D eigenvalue weighted by Crippen LogP contribution is -2.40. The third-order valence-corrected chi connectivity index (χ3v) is 1.44. The van der Waals surface area contributed by atoms with Crippen LogP contribution in [0.2, 0.25) is 0 Å². The van der Waals surface area contributed by atoms with Gasteiger partial charge in [0, 0.05) is 12.6 Å². The zero-order valence-corrected chi connectivity index (χ0v) is 8.87. The number of carbonyl (C=O) groups is 1. The Morgan fingerprint density at radius 3 is 2.38 bits per heavy atom. The van der Waals surface area contributed by atoms with Gasteiger partial charge in [-0.15, -0.1) is 0 Å². The van der Waals surface area contributed by atoms with Gasteiger partial charge in [0.25, 0.3) is 0 Å². The molecule has 0 saturated heterocycles. The summed E-state index contributed by atoms with van der Waals surface area (Å²) in [5.41, 5.74) is 0. The van der Waals surface area contributed by atoms with Gasteiger partial charge in [-0.2, -0.15) is 0 Å². The molecule has 4 heteroatoms. The van der Waals surface area contributed by atoms with E-state index in [9.17, 15) is 4.79 Å². The molecule has 0 radical (unpaired) electrons. The fourth-order valence-electron chi connectivity index (χ4n) is 1.13. The van der Waals surface area contributed by atoms with E-state index in [1.54, 1.807) is 11.8 Å². The Bertz CT molecular complexity index is 158. The minimum Gasteiger partial charge on any atom is -0.392 e. The smallest absolute Gasteiger partial charge is 0.234 e. The van der Waals surface area contributed by atoms with Gasteiger partial charge in [0.05, 0.1) is 12.6 Å². The standard InChI is InChI=1S/C9H20N2O2/c1-7(2)10-9(13)6-11(4)5-8(3)12/h7-8,12H,5-6H2,1-4H3,(H,10,13). The summed E-state index contributed by atoms with van der Waals surface area (Å²) in [6.45, 7) is 6.41. The number of rotatable bonds is 5. The van der Waals surface area contributed by atoms with Crippen molar-refractivity contribution < 1.29 is 9.90 Å². The molecule has 0 aliphatic rings. The summed E-state index contributed by atoms with van der Waals surface area (Å²) < 4.78 is 0. The van der Waals surface area contributed by atoms with Crippen molar-refractivity contribution in [3.63, 3.8) is 0 Å². The molecule has 0 heterocycles. The average Bonchev–Trinajstić information content (AvgIpc) is 1.80. The molecule has 2 N–H and O–H groups in total. The molecule has 78 valence electrons. The van der Waals surface area contributed by atoms with Gasteiger partial charge in [-0.1, -0.05) is 0 Å². The van der Waals surface area contributed by atoms with Gasteiger partial charge < -0.3 is 10.4 Å². The van der Waals surface area contributed by atoms with Crippen molar-refractivity contribution in [2.24, 2.45) is 0 Å². The molecule has 1 amide bonds. The molecule has 0 rings (SSSR count). The first kappa shape index (κ1) is 12.4. The van der Waals surface area contributed by atoms with Crippen molar-refractivity contribution in [1.82, 2.24) is 10.2 Å². The van der Waals surface area contributed by atoms with Gasteiger partial charge in [-0.05, 0) is 27.8 Å². The van der Waals surface area contributed by atoms with E-state index in [1.165, 1.54) is 0 Å². The molecule has 13 heavy (non-hydrogen) atoms. The highest BCUT2D eigenvalue weighted by atomic mass is 16.3. The molecule has 0 aromatic heterocycles. The summed E-state index contributed by atoms with van der Waals surface area (Å²) in [6, 6.07) is 0.174. The molecular weight excluding hydrogens is 168 g/mol. The Morgan fingerprint density at radius 1 is 1.46 bits per heavy atom. The summed E-state index contributed by atoms with van der Waals surface area (Å²) in [5, 5.41) is 11.8.